The average Bonchev–Trinajstić information content (AvgIpc) is 2.96. The Hall–Kier alpha value is -0.510. The lowest BCUT2D eigenvalue weighted by Crippen LogP contribution is -2.39. The molecule has 0 radical (unpaired) electrons. The molecular weight excluding hydrogens is 312 g/mol. The first kappa shape index (κ1) is 16.9. The van der Waals surface area contributed by atoms with Crippen molar-refractivity contribution in [3.05, 3.63) is 17.0 Å². The quantitative estimate of drug-likeness (QED) is 0.692. The van der Waals surface area contributed by atoms with Crippen molar-refractivity contribution in [3.63, 3.8) is 0 Å². The topological polar surface area (TPSA) is 76.7 Å². The second kappa shape index (κ2) is 8.21. The molecule has 21 heavy (non-hydrogen) atoms. The van der Waals surface area contributed by atoms with Crippen LogP contribution in [0.2, 0.25) is 0 Å². The largest absolute Gasteiger partial charge is 0.376 e. The minimum atomic E-state index is -3.46. The van der Waals surface area contributed by atoms with E-state index in [4.69, 9.17) is 9.47 Å². The zero-order valence-electron chi connectivity index (χ0n) is 12.1. The van der Waals surface area contributed by atoms with Gasteiger partial charge in [0.2, 0.25) is 10.0 Å². The van der Waals surface area contributed by atoms with Crippen LogP contribution < -0.4 is 10.0 Å². The standard InChI is InChI=1S/C13H22N2O4S2/c1-2-5-14-9-12-3-4-13(20-12)21(16,17)15-8-11-10-18-6-7-19-11/h3-4,11,14-15H,2,5-10H2,1H3. The Kier molecular flexibility index (Phi) is 6.59. The molecule has 0 saturated carbocycles. The molecule has 1 saturated heterocycles. The molecule has 8 heteroatoms. The Labute approximate surface area is 129 Å². The Bertz CT molecular complexity index is 524. The van der Waals surface area contributed by atoms with Gasteiger partial charge in [-0.2, -0.15) is 0 Å². The first-order valence-electron chi connectivity index (χ1n) is 7.10. The van der Waals surface area contributed by atoms with Gasteiger partial charge in [0.05, 0.1) is 25.9 Å². The number of hydrogen-bond acceptors (Lipinski definition) is 6. The predicted molar refractivity (Wildman–Crippen MR) is 82.1 cm³/mol. The van der Waals surface area contributed by atoms with E-state index >= 15 is 0 Å². The first-order chi connectivity index (χ1) is 10.1. The lowest BCUT2D eigenvalue weighted by molar-refractivity contribution is -0.0846. The van der Waals surface area contributed by atoms with Crippen LogP contribution in [-0.2, 0) is 26.0 Å². The summed E-state index contributed by atoms with van der Waals surface area (Å²) in [6.07, 6.45) is 0.848. The molecule has 1 aliphatic heterocycles. The van der Waals surface area contributed by atoms with Crippen molar-refractivity contribution in [3.8, 4) is 0 Å². The fourth-order valence-corrected chi connectivity index (χ4v) is 4.35. The Morgan fingerprint density at radius 3 is 2.95 bits per heavy atom. The molecule has 1 aliphatic rings. The SMILES string of the molecule is CCCNCc1ccc(S(=O)(=O)NCC2COCCO2)s1. The maximum absolute atomic E-state index is 12.2. The molecule has 0 spiro atoms. The van der Waals surface area contributed by atoms with E-state index in [2.05, 4.69) is 17.0 Å². The third-order valence-corrected chi connectivity index (χ3v) is 6.01. The summed E-state index contributed by atoms with van der Waals surface area (Å²) in [4.78, 5) is 1.01. The van der Waals surface area contributed by atoms with Crippen molar-refractivity contribution in [2.75, 3.05) is 32.9 Å². The molecule has 2 heterocycles. The number of ether oxygens (including phenoxy) is 2. The summed E-state index contributed by atoms with van der Waals surface area (Å²) >= 11 is 1.29. The normalized spacial score (nSPS) is 19.8. The molecule has 1 aromatic rings. The molecular formula is C13H22N2O4S2. The lowest BCUT2D eigenvalue weighted by Gasteiger charge is -2.22. The molecule has 6 nitrogen and oxygen atoms in total. The molecule has 1 atom stereocenters. The van der Waals surface area contributed by atoms with Gasteiger partial charge in [-0.3, -0.25) is 0 Å². The highest BCUT2D eigenvalue weighted by Gasteiger charge is 2.21. The van der Waals surface area contributed by atoms with E-state index in [9.17, 15) is 8.42 Å². The van der Waals surface area contributed by atoms with Gasteiger partial charge in [0.15, 0.2) is 0 Å². The van der Waals surface area contributed by atoms with Crippen LogP contribution in [-0.4, -0.2) is 47.4 Å². The van der Waals surface area contributed by atoms with Crippen LogP contribution in [0.25, 0.3) is 0 Å². The van der Waals surface area contributed by atoms with Gasteiger partial charge in [-0.15, -0.1) is 11.3 Å². The fourth-order valence-electron chi connectivity index (χ4n) is 1.91. The highest BCUT2D eigenvalue weighted by molar-refractivity contribution is 7.91. The zero-order valence-corrected chi connectivity index (χ0v) is 13.8. The highest BCUT2D eigenvalue weighted by Crippen LogP contribution is 2.21. The predicted octanol–water partition coefficient (Wildman–Crippen LogP) is 0.941. The molecule has 2 rings (SSSR count). The van der Waals surface area contributed by atoms with Gasteiger partial charge >= 0.3 is 0 Å². The van der Waals surface area contributed by atoms with Gasteiger partial charge in [-0.25, -0.2) is 13.1 Å². The summed E-state index contributed by atoms with van der Waals surface area (Å²) in [5, 5.41) is 3.26. The second-order valence-electron chi connectivity index (χ2n) is 4.82. The minimum Gasteiger partial charge on any atom is -0.376 e. The van der Waals surface area contributed by atoms with Crippen LogP contribution in [0.5, 0.6) is 0 Å². The van der Waals surface area contributed by atoms with Crippen molar-refractivity contribution in [1.29, 1.82) is 0 Å². The molecule has 1 fully saturated rings. The van der Waals surface area contributed by atoms with Gasteiger partial charge in [0, 0.05) is 18.0 Å². The Morgan fingerprint density at radius 1 is 1.38 bits per heavy atom. The first-order valence-corrected chi connectivity index (χ1v) is 9.40. The fraction of sp³-hybridized carbons (Fsp3) is 0.692. The number of sulfonamides is 1. The van der Waals surface area contributed by atoms with Gasteiger partial charge in [0.1, 0.15) is 4.21 Å². The van der Waals surface area contributed by atoms with E-state index in [-0.39, 0.29) is 12.6 Å². The number of rotatable bonds is 8. The summed E-state index contributed by atoms with van der Waals surface area (Å²) in [5.74, 6) is 0. The Balaban J connectivity index is 1.86. The molecule has 1 unspecified atom stereocenters. The summed E-state index contributed by atoms with van der Waals surface area (Å²) in [6.45, 7) is 5.48. The van der Waals surface area contributed by atoms with E-state index in [1.807, 2.05) is 6.07 Å². The van der Waals surface area contributed by atoms with Gasteiger partial charge in [-0.05, 0) is 25.1 Å². The number of hydrogen-bond donors (Lipinski definition) is 2. The van der Waals surface area contributed by atoms with Gasteiger partial charge in [0.25, 0.3) is 0 Å². The summed E-state index contributed by atoms with van der Waals surface area (Å²) in [5.41, 5.74) is 0. The monoisotopic (exact) mass is 334 g/mol. The van der Waals surface area contributed by atoms with Gasteiger partial charge in [-0.1, -0.05) is 6.92 Å². The van der Waals surface area contributed by atoms with Gasteiger partial charge < -0.3 is 14.8 Å². The molecule has 120 valence electrons. The summed E-state index contributed by atoms with van der Waals surface area (Å²) in [7, 11) is -3.46. The third-order valence-electron chi connectivity index (χ3n) is 3.01. The number of thiophene rings is 1. The van der Waals surface area contributed by atoms with Crippen LogP contribution in [0.4, 0.5) is 0 Å². The molecule has 0 aliphatic carbocycles. The van der Waals surface area contributed by atoms with Crippen molar-refractivity contribution >= 4 is 21.4 Å². The van der Waals surface area contributed by atoms with Crippen LogP contribution in [0.3, 0.4) is 0 Å². The minimum absolute atomic E-state index is 0.209. The van der Waals surface area contributed by atoms with E-state index < -0.39 is 10.0 Å². The second-order valence-corrected chi connectivity index (χ2v) is 7.98. The van der Waals surface area contributed by atoms with Crippen LogP contribution >= 0.6 is 11.3 Å². The van der Waals surface area contributed by atoms with E-state index in [0.717, 1.165) is 17.8 Å². The van der Waals surface area contributed by atoms with E-state index in [1.54, 1.807) is 6.07 Å². The summed E-state index contributed by atoms with van der Waals surface area (Å²) in [6, 6.07) is 3.50. The van der Waals surface area contributed by atoms with E-state index in [1.165, 1.54) is 11.3 Å². The van der Waals surface area contributed by atoms with Crippen molar-refractivity contribution in [1.82, 2.24) is 10.0 Å². The van der Waals surface area contributed by atoms with Crippen LogP contribution in [0.15, 0.2) is 16.3 Å². The maximum atomic E-state index is 12.2. The molecule has 2 N–H and O–H groups in total. The van der Waals surface area contributed by atoms with E-state index in [0.29, 0.717) is 30.6 Å². The maximum Gasteiger partial charge on any atom is 0.250 e. The summed E-state index contributed by atoms with van der Waals surface area (Å²) < 4.78 is 38.0. The smallest absolute Gasteiger partial charge is 0.250 e. The highest BCUT2D eigenvalue weighted by atomic mass is 32.2. The molecule has 0 amide bonds. The van der Waals surface area contributed by atoms with Crippen LogP contribution in [0, 0.1) is 0 Å². The Morgan fingerprint density at radius 2 is 2.24 bits per heavy atom. The zero-order chi connectivity index (χ0) is 15.1. The average molecular weight is 334 g/mol. The molecule has 0 aromatic carbocycles. The van der Waals surface area contributed by atoms with Crippen LogP contribution in [0.1, 0.15) is 18.2 Å². The van der Waals surface area contributed by atoms with Crippen molar-refractivity contribution in [2.45, 2.75) is 30.2 Å². The molecule has 0 bridgehead atoms. The van der Waals surface area contributed by atoms with Crippen molar-refractivity contribution < 1.29 is 17.9 Å². The third kappa shape index (κ3) is 5.32. The lowest BCUT2D eigenvalue weighted by atomic mass is 10.3. The molecule has 1 aromatic heterocycles. The van der Waals surface area contributed by atoms with Crippen molar-refractivity contribution in [2.24, 2.45) is 0 Å². The number of nitrogens with one attached hydrogen (secondary N) is 2.